The summed E-state index contributed by atoms with van der Waals surface area (Å²) in [5.41, 5.74) is 22.4. The molecule has 0 amide bonds. The first-order valence-electron chi connectivity index (χ1n) is 19.6. The fourth-order valence-electron chi connectivity index (χ4n) is 7.04. The van der Waals surface area contributed by atoms with Gasteiger partial charge in [-0.3, -0.25) is 0 Å². The minimum Gasteiger partial charge on any atom is -0.508 e. The molecule has 8 N–H and O–H groups in total. The molecule has 0 aliphatic rings. The highest BCUT2D eigenvalue weighted by molar-refractivity contribution is 5.78. The number of ether oxygens (including phenoxy) is 1. The Morgan fingerprint density at radius 2 is 0.967 bits per heavy atom. The number of phenolic OH excluding ortho intramolecular Hbond substituents is 1. The minimum atomic E-state index is 0. The summed E-state index contributed by atoms with van der Waals surface area (Å²) in [6, 6.07) is 50.0. The maximum absolute atomic E-state index is 9.53. The first-order chi connectivity index (χ1) is 29.4. The van der Waals surface area contributed by atoms with Crippen LogP contribution in [-0.4, -0.2) is 57.6 Å². The second kappa shape index (κ2) is 20.9. The van der Waals surface area contributed by atoms with Crippen LogP contribution in [0.2, 0.25) is 0 Å². The highest BCUT2D eigenvalue weighted by Gasteiger charge is 2.22. The van der Waals surface area contributed by atoms with Crippen molar-refractivity contribution in [3.63, 3.8) is 0 Å². The number of rotatable bonds is 11. The molecule has 5 aromatic carbocycles. The lowest BCUT2D eigenvalue weighted by atomic mass is 9.85. The van der Waals surface area contributed by atoms with Gasteiger partial charge >= 0.3 is 0 Å². The van der Waals surface area contributed by atoms with Crippen molar-refractivity contribution in [3.8, 4) is 11.5 Å². The van der Waals surface area contributed by atoms with E-state index in [1.807, 2.05) is 91.0 Å². The Hall–Kier alpha value is -7.64. The summed E-state index contributed by atoms with van der Waals surface area (Å²) < 4.78 is 5.94. The summed E-state index contributed by atoms with van der Waals surface area (Å²) >= 11 is 0. The standard InChI is InChI=1S/C26H23N5O.C19H17N5O.C2H6O.CH4/c27-24-16-23(25-26(28-24)30-31-29-25)22(20-9-5-2-6-10-20)15-18-11-13-21(14-12-18)32-17-19-7-3-1-4-8-19;20-17-11-16(18-19(21-17)23-24-22-18)15(13-4-2-1-3-5-13)10-12-6-8-14(25)9-7-12;1-2-3;/h1-14,16,22H,15,17H2,(H3,27,28,29,30,31);1-9,11,15,25H,10H2,(H3,20,21,22,23,24);3H,2H2,1H3;1H4. The number of anilines is 2. The van der Waals surface area contributed by atoms with E-state index in [1.165, 1.54) is 11.1 Å². The molecular formula is C48H50N10O3. The van der Waals surface area contributed by atoms with Gasteiger partial charge < -0.3 is 26.4 Å². The number of nitrogen functional groups attached to an aromatic ring is 2. The van der Waals surface area contributed by atoms with Gasteiger partial charge in [-0.05, 0) is 95.1 Å². The second-order valence-corrected chi connectivity index (χ2v) is 14.0. The van der Waals surface area contributed by atoms with Gasteiger partial charge in [-0.1, -0.05) is 123 Å². The van der Waals surface area contributed by atoms with Crippen LogP contribution >= 0.6 is 0 Å². The average Bonchev–Trinajstić information content (AvgIpc) is 3.96. The quantitative estimate of drug-likeness (QED) is 0.0728. The molecule has 0 fully saturated rings. The van der Waals surface area contributed by atoms with Gasteiger partial charge in [0.05, 0.1) is 0 Å². The van der Waals surface area contributed by atoms with Crippen molar-refractivity contribution in [1.82, 2.24) is 40.8 Å². The van der Waals surface area contributed by atoms with Crippen LogP contribution in [0.4, 0.5) is 11.6 Å². The number of benzene rings is 5. The van der Waals surface area contributed by atoms with Crippen LogP contribution in [0.5, 0.6) is 11.5 Å². The highest BCUT2D eigenvalue weighted by atomic mass is 16.5. The molecule has 0 aliphatic carbocycles. The number of nitrogens with one attached hydrogen (secondary N) is 2. The third-order valence-electron chi connectivity index (χ3n) is 9.83. The average molecular weight is 815 g/mol. The number of aromatic amines is 2. The molecule has 4 heterocycles. The minimum absolute atomic E-state index is 0. The van der Waals surface area contributed by atoms with Crippen molar-refractivity contribution in [2.75, 3.05) is 18.1 Å². The van der Waals surface area contributed by atoms with Crippen LogP contribution in [0, 0.1) is 0 Å². The van der Waals surface area contributed by atoms with E-state index in [0.717, 1.165) is 57.4 Å². The summed E-state index contributed by atoms with van der Waals surface area (Å²) in [7, 11) is 0. The fourth-order valence-corrected chi connectivity index (χ4v) is 7.04. The molecule has 13 heteroatoms. The largest absolute Gasteiger partial charge is 0.508 e. The first kappa shape index (κ1) is 43.0. The van der Waals surface area contributed by atoms with Gasteiger partial charge in [-0.25, -0.2) is 9.97 Å². The zero-order valence-electron chi connectivity index (χ0n) is 33.1. The lowest BCUT2D eigenvalue weighted by Crippen LogP contribution is -2.08. The molecule has 9 rings (SSSR count). The number of aromatic hydroxyl groups is 1. The van der Waals surface area contributed by atoms with Crippen molar-refractivity contribution in [1.29, 1.82) is 0 Å². The summed E-state index contributed by atoms with van der Waals surface area (Å²) in [5.74, 6) is 2.07. The van der Waals surface area contributed by atoms with Crippen LogP contribution in [0.3, 0.4) is 0 Å². The third-order valence-corrected chi connectivity index (χ3v) is 9.83. The number of nitrogens with zero attached hydrogens (tertiary/aromatic N) is 6. The fraction of sp³-hybridized carbons (Fsp3) is 0.167. The number of aliphatic hydroxyl groups excluding tert-OH is 1. The van der Waals surface area contributed by atoms with Crippen LogP contribution in [0.25, 0.3) is 22.3 Å². The van der Waals surface area contributed by atoms with Crippen molar-refractivity contribution in [3.05, 3.63) is 191 Å². The number of H-pyrrole nitrogens is 2. The molecule has 0 bridgehead atoms. The number of aliphatic hydroxyl groups is 1. The maximum Gasteiger partial charge on any atom is 0.203 e. The normalized spacial score (nSPS) is 11.6. The highest BCUT2D eigenvalue weighted by Crippen LogP contribution is 2.35. The van der Waals surface area contributed by atoms with Gasteiger partial charge in [0.2, 0.25) is 11.3 Å². The van der Waals surface area contributed by atoms with E-state index < -0.39 is 0 Å². The molecule has 310 valence electrons. The Bertz CT molecular complexity index is 2690. The van der Waals surface area contributed by atoms with Gasteiger partial charge in [-0.2, -0.15) is 20.6 Å². The number of hydrogen-bond acceptors (Lipinski definition) is 11. The molecule has 2 unspecified atom stereocenters. The lowest BCUT2D eigenvalue weighted by molar-refractivity contribution is 0.306. The molecule has 13 nitrogen and oxygen atoms in total. The van der Waals surface area contributed by atoms with E-state index in [9.17, 15) is 5.11 Å². The first-order valence-corrected chi connectivity index (χ1v) is 19.6. The zero-order valence-corrected chi connectivity index (χ0v) is 33.1. The molecule has 61 heavy (non-hydrogen) atoms. The van der Waals surface area contributed by atoms with Gasteiger partial charge in [0.1, 0.15) is 40.8 Å². The van der Waals surface area contributed by atoms with Crippen molar-refractivity contribution < 1.29 is 14.9 Å². The van der Waals surface area contributed by atoms with E-state index in [1.54, 1.807) is 19.1 Å². The number of fused-ring (bicyclic) bond motifs is 2. The van der Waals surface area contributed by atoms with Crippen LogP contribution < -0.4 is 16.2 Å². The smallest absolute Gasteiger partial charge is 0.203 e. The number of aromatic nitrogens is 8. The van der Waals surface area contributed by atoms with Crippen LogP contribution in [-0.2, 0) is 19.4 Å². The SMILES string of the molecule is C.CCO.Nc1cc(C(Cc2ccc(O)cc2)c2ccccc2)c2n[nH]nc2n1.Nc1cc(C(Cc2ccc(OCc3ccccc3)cc2)c2ccccc2)c2n[nH]nc2n1. The predicted octanol–water partition coefficient (Wildman–Crippen LogP) is 8.54. The second-order valence-electron chi connectivity index (χ2n) is 14.0. The number of hydrogen-bond donors (Lipinski definition) is 6. The molecule has 4 aromatic heterocycles. The molecular weight excluding hydrogens is 765 g/mol. The number of nitrogens with two attached hydrogens (primary N) is 2. The summed E-state index contributed by atoms with van der Waals surface area (Å²) in [6.45, 7) is 2.48. The Morgan fingerprint density at radius 3 is 1.41 bits per heavy atom. The molecule has 0 aliphatic heterocycles. The van der Waals surface area contributed by atoms with Gasteiger partial charge in [-0.15, -0.1) is 10.2 Å². The van der Waals surface area contributed by atoms with Gasteiger partial charge in [0, 0.05) is 18.4 Å². The monoisotopic (exact) mass is 814 g/mol. The number of phenols is 1. The Balaban J connectivity index is 0.000000194. The molecule has 0 radical (unpaired) electrons. The molecule has 0 saturated heterocycles. The molecule has 0 saturated carbocycles. The predicted molar refractivity (Wildman–Crippen MR) is 241 cm³/mol. The van der Waals surface area contributed by atoms with Crippen LogP contribution in [0.1, 0.15) is 65.1 Å². The van der Waals surface area contributed by atoms with Crippen molar-refractivity contribution >= 4 is 34.0 Å². The van der Waals surface area contributed by atoms with Crippen molar-refractivity contribution in [2.24, 2.45) is 0 Å². The number of pyridine rings is 2. The summed E-state index contributed by atoms with van der Waals surface area (Å²) in [5, 5.41) is 39.2. The Morgan fingerprint density at radius 1 is 0.557 bits per heavy atom. The zero-order chi connectivity index (χ0) is 41.7. The lowest BCUT2D eigenvalue weighted by Gasteiger charge is -2.19. The molecule has 9 aromatic rings. The van der Waals surface area contributed by atoms with Crippen LogP contribution in [0.15, 0.2) is 152 Å². The van der Waals surface area contributed by atoms with E-state index in [4.69, 9.17) is 21.3 Å². The maximum atomic E-state index is 9.53. The van der Waals surface area contributed by atoms with E-state index in [-0.39, 0.29) is 31.6 Å². The van der Waals surface area contributed by atoms with Gasteiger partial charge in [0.25, 0.3) is 0 Å². The Labute approximate surface area is 354 Å². The third kappa shape index (κ3) is 11.1. The summed E-state index contributed by atoms with van der Waals surface area (Å²) in [6.07, 6.45) is 1.53. The van der Waals surface area contributed by atoms with E-state index in [2.05, 4.69) is 89.3 Å². The molecule has 0 spiro atoms. The topological polar surface area (TPSA) is 211 Å². The molecule has 2 atom stereocenters. The van der Waals surface area contributed by atoms with E-state index >= 15 is 0 Å². The summed E-state index contributed by atoms with van der Waals surface area (Å²) in [4.78, 5) is 8.52. The Kier molecular flexibility index (Phi) is 14.7. The van der Waals surface area contributed by atoms with Crippen molar-refractivity contribution in [2.45, 2.75) is 45.6 Å². The van der Waals surface area contributed by atoms with E-state index in [0.29, 0.717) is 29.5 Å². The van der Waals surface area contributed by atoms with Gasteiger partial charge in [0.15, 0.2) is 0 Å².